The van der Waals surface area contributed by atoms with Crippen LogP contribution in [-0.4, -0.2) is 40.9 Å². The molecule has 1 fully saturated rings. The van der Waals surface area contributed by atoms with Crippen LogP contribution in [0, 0.1) is 6.92 Å². The molecule has 32 heavy (non-hydrogen) atoms. The van der Waals surface area contributed by atoms with E-state index in [2.05, 4.69) is 5.32 Å². The smallest absolute Gasteiger partial charge is 0.247 e. The Morgan fingerprint density at radius 3 is 2.47 bits per heavy atom. The van der Waals surface area contributed by atoms with E-state index in [0.29, 0.717) is 5.56 Å². The zero-order valence-corrected chi connectivity index (χ0v) is 19.4. The van der Waals surface area contributed by atoms with Crippen molar-refractivity contribution in [2.24, 2.45) is 0 Å². The van der Waals surface area contributed by atoms with Crippen LogP contribution in [-0.2, 0) is 16.1 Å². The Morgan fingerprint density at radius 1 is 1.16 bits per heavy atom. The summed E-state index contributed by atoms with van der Waals surface area (Å²) in [5.74, 6) is -0.629. The molecule has 0 heterocycles. The number of hydrogen-bond donors (Lipinski definition) is 2. The molecule has 6 nitrogen and oxygen atoms in total. The van der Waals surface area contributed by atoms with Crippen molar-refractivity contribution in [3.63, 3.8) is 0 Å². The standard InChI is InChI=1S/C25H31ClN2O4/c1-17-8-10-18(11-9-17)16-28(23(30)15-26)24(19-12-13-21(29)22(14-19)32-2)25(31)27-20-6-4-3-5-7-20/h8-14,20,24,29H,3-7,15-16H2,1-2H3,(H,27,31). The highest BCUT2D eigenvalue weighted by atomic mass is 35.5. The number of nitrogens with one attached hydrogen (secondary N) is 1. The van der Waals surface area contributed by atoms with E-state index >= 15 is 0 Å². The third-order valence-electron chi connectivity index (χ3n) is 5.94. The monoisotopic (exact) mass is 458 g/mol. The van der Waals surface area contributed by atoms with Crippen LogP contribution in [0.5, 0.6) is 11.5 Å². The summed E-state index contributed by atoms with van der Waals surface area (Å²) in [6.45, 7) is 2.23. The molecule has 1 unspecified atom stereocenters. The summed E-state index contributed by atoms with van der Waals surface area (Å²) >= 11 is 5.96. The number of carbonyl (C=O) groups excluding carboxylic acids is 2. The third kappa shape index (κ3) is 5.94. The molecule has 1 aliphatic carbocycles. The Hall–Kier alpha value is -2.73. The van der Waals surface area contributed by atoms with Crippen molar-refractivity contribution in [3.8, 4) is 11.5 Å². The minimum Gasteiger partial charge on any atom is -0.504 e. The number of ether oxygens (including phenoxy) is 1. The Labute approximate surface area is 194 Å². The number of phenols is 1. The molecule has 0 bridgehead atoms. The van der Waals surface area contributed by atoms with Gasteiger partial charge in [0.2, 0.25) is 11.8 Å². The van der Waals surface area contributed by atoms with Crippen molar-refractivity contribution in [1.82, 2.24) is 10.2 Å². The maximum Gasteiger partial charge on any atom is 0.247 e. The summed E-state index contributed by atoms with van der Waals surface area (Å²) in [7, 11) is 1.45. The maximum atomic E-state index is 13.6. The molecule has 0 saturated heterocycles. The summed E-state index contributed by atoms with van der Waals surface area (Å²) < 4.78 is 5.25. The predicted molar refractivity (Wildman–Crippen MR) is 125 cm³/mol. The molecule has 1 saturated carbocycles. The fourth-order valence-electron chi connectivity index (χ4n) is 4.15. The molecule has 0 spiro atoms. The van der Waals surface area contributed by atoms with E-state index in [0.717, 1.165) is 36.8 Å². The lowest BCUT2D eigenvalue weighted by atomic mass is 9.94. The molecule has 0 aromatic heterocycles. The van der Waals surface area contributed by atoms with Crippen molar-refractivity contribution in [3.05, 3.63) is 59.2 Å². The number of aryl methyl sites for hydroxylation is 1. The molecule has 2 aromatic rings. The molecular formula is C25H31ClN2O4. The lowest BCUT2D eigenvalue weighted by Crippen LogP contribution is -2.47. The molecule has 7 heteroatoms. The highest BCUT2D eigenvalue weighted by Gasteiger charge is 2.33. The highest BCUT2D eigenvalue weighted by Crippen LogP contribution is 2.33. The number of methoxy groups -OCH3 is 1. The molecule has 0 aliphatic heterocycles. The number of phenolic OH excluding ortho intramolecular Hbond substituents is 1. The third-order valence-corrected chi connectivity index (χ3v) is 6.17. The highest BCUT2D eigenvalue weighted by molar-refractivity contribution is 6.27. The largest absolute Gasteiger partial charge is 0.504 e. The quantitative estimate of drug-likeness (QED) is 0.572. The number of amides is 2. The van der Waals surface area contributed by atoms with Crippen LogP contribution < -0.4 is 10.1 Å². The van der Waals surface area contributed by atoms with Crippen molar-refractivity contribution in [2.45, 2.75) is 57.7 Å². The van der Waals surface area contributed by atoms with Gasteiger partial charge in [-0.3, -0.25) is 9.59 Å². The van der Waals surface area contributed by atoms with Gasteiger partial charge in [-0.1, -0.05) is 55.2 Å². The number of halogens is 1. The van der Waals surface area contributed by atoms with Gasteiger partial charge in [0, 0.05) is 12.6 Å². The minimum atomic E-state index is -0.904. The molecule has 0 radical (unpaired) electrons. The van der Waals surface area contributed by atoms with Crippen LogP contribution in [0.2, 0.25) is 0 Å². The van der Waals surface area contributed by atoms with Gasteiger partial charge in [-0.25, -0.2) is 0 Å². The molecule has 1 aliphatic rings. The van der Waals surface area contributed by atoms with E-state index in [9.17, 15) is 14.7 Å². The molecule has 1 atom stereocenters. The van der Waals surface area contributed by atoms with Crippen LogP contribution >= 0.6 is 11.6 Å². The van der Waals surface area contributed by atoms with Gasteiger partial charge in [0.15, 0.2) is 11.5 Å². The summed E-state index contributed by atoms with van der Waals surface area (Å²) in [5.41, 5.74) is 2.56. The first-order chi connectivity index (χ1) is 15.4. The summed E-state index contributed by atoms with van der Waals surface area (Å²) in [4.78, 5) is 28.0. The number of rotatable bonds is 8. The zero-order chi connectivity index (χ0) is 23.1. The van der Waals surface area contributed by atoms with Crippen molar-refractivity contribution in [2.75, 3.05) is 13.0 Å². The maximum absolute atomic E-state index is 13.6. The molecule has 172 valence electrons. The van der Waals surface area contributed by atoms with Gasteiger partial charge in [0.1, 0.15) is 11.9 Å². The summed E-state index contributed by atoms with van der Waals surface area (Å²) in [6.07, 6.45) is 5.19. The van der Waals surface area contributed by atoms with Crippen molar-refractivity contribution in [1.29, 1.82) is 0 Å². The van der Waals surface area contributed by atoms with Gasteiger partial charge < -0.3 is 20.1 Å². The van der Waals surface area contributed by atoms with Gasteiger partial charge >= 0.3 is 0 Å². The Morgan fingerprint density at radius 2 is 1.84 bits per heavy atom. The Balaban J connectivity index is 1.99. The van der Waals surface area contributed by atoms with Gasteiger partial charge in [-0.15, -0.1) is 11.6 Å². The minimum absolute atomic E-state index is 0.0311. The van der Waals surface area contributed by atoms with Crippen LogP contribution in [0.3, 0.4) is 0 Å². The molecular weight excluding hydrogens is 428 g/mol. The molecule has 3 rings (SSSR count). The molecule has 2 amide bonds. The number of carbonyl (C=O) groups is 2. The average molecular weight is 459 g/mol. The number of alkyl halides is 1. The second-order valence-corrected chi connectivity index (χ2v) is 8.59. The van der Waals surface area contributed by atoms with E-state index < -0.39 is 6.04 Å². The SMILES string of the molecule is COc1cc(C(C(=O)NC2CCCCC2)N(Cc2ccc(C)cc2)C(=O)CCl)ccc1O. The van der Waals surface area contributed by atoms with E-state index in [1.807, 2.05) is 31.2 Å². The second kappa shape index (κ2) is 11.2. The van der Waals surface area contributed by atoms with Crippen LogP contribution in [0.4, 0.5) is 0 Å². The first kappa shape index (κ1) is 23.9. The molecule has 2 aromatic carbocycles. The first-order valence-corrected chi connectivity index (χ1v) is 11.5. The number of aromatic hydroxyl groups is 1. The summed E-state index contributed by atoms with van der Waals surface area (Å²) in [6, 6.07) is 11.7. The molecule has 2 N–H and O–H groups in total. The Bertz CT molecular complexity index is 926. The van der Waals surface area contributed by atoms with Gasteiger partial charge in [-0.05, 0) is 43.0 Å². The average Bonchev–Trinajstić information content (AvgIpc) is 2.81. The lowest BCUT2D eigenvalue weighted by Gasteiger charge is -2.33. The van der Waals surface area contributed by atoms with Crippen molar-refractivity contribution < 1.29 is 19.4 Å². The number of nitrogens with zero attached hydrogens (tertiary/aromatic N) is 1. The number of hydrogen-bond acceptors (Lipinski definition) is 4. The van der Waals surface area contributed by atoms with Gasteiger partial charge in [-0.2, -0.15) is 0 Å². The van der Waals surface area contributed by atoms with Crippen LogP contribution in [0.25, 0.3) is 0 Å². The van der Waals surface area contributed by atoms with E-state index in [1.165, 1.54) is 24.5 Å². The predicted octanol–water partition coefficient (Wildman–Crippen LogP) is 4.47. The first-order valence-electron chi connectivity index (χ1n) is 11.0. The zero-order valence-electron chi connectivity index (χ0n) is 18.6. The lowest BCUT2D eigenvalue weighted by molar-refractivity contribution is -0.140. The Kier molecular flexibility index (Phi) is 8.39. The van der Waals surface area contributed by atoms with Crippen LogP contribution in [0.1, 0.15) is 54.8 Å². The van der Waals surface area contributed by atoms with Crippen molar-refractivity contribution >= 4 is 23.4 Å². The van der Waals surface area contributed by atoms with E-state index in [-0.39, 0.29) is 41.8 Å². The van der Waals surface area contributed by atoms with Crippen LogP contribution in [0.15, 0.2) is 42.5 Å². The van der Waals surface area contributed by atoms with E-state index in [4.69, 9.17) is 16.3 Å². The summed E-state index contributed by atoms with van der Waals surface area (Å²) in [5, 5.41) is 13.2. The fourth-order valence-corrected chi connectivity index (χ4v) is 4.31. The van der Waals surface area contributed by atoms with Gasteiger partial charge in [0.25, 0.3) is 0 Å². The second-order valence-electron chi connectivity index (χ2n) is 8.32. The van der Waals surface area contributed by atoms with E-state index in [1.54, 1.807) is 12.1 Å². The van der Waals surface area contributed by atoms with Gasteiger partial charge in [0.05, 0.1) is 7.11 Å². The topological polar surface area (TPSA) is 78.9 Å². The number of benzene rings is 2. The normalized spacial score (nSPS) is 15.1. The fraction of sp³-hybridized carbons (Fsp3) is 0.440.